The third-order valence-electron chi connectivity index (χ3n) is 5.11. The van der Waals surface area contributed by atoms with Gasteiger partial charge >= 0.3 is 12.1 Å². The summed E-state index contributed by atoms with van der Waals surface area (Å²) in [6.45, 7) is 7.86. The average Bonchev–Trinajstić information content (AvgIpc) is 2.71. The van der Waals surface area contributed by atoms with Gasteiger partial charge in [-0.05, 0) is 47.7 Å². The minimum atomic E-state index is -0.794. The minimum absolute atomic E-state index is 0.180. The second kappa shape index (κ2) is 10.9. The number of esters is 1. The molecule has 0 bridgehead atoms. The van der Waals surface area contributed by atoms with E-state index in [4.69, 9.17) is 32.7 Å². The fraction of sp³-hybridized carbons (Fsp3) is 0.417. The number of nitrogens with one attached hydrogen (secondary N) is 1. The van der Waals surface area contributed by atoms with Gasteiger partial charge in [0.1, 0.15) is 12.1 Å². The predicted octanol–water partition coefficient (Wildman–Crippen LogP) is 6.33. The molecule has 0 aliphatic carbocycles. The Labute approximate surface area is 194 Å². The van der Waals surface area contributed by atoms with E-state index in [-0.39, 0.29) is 5.92 Å². The van der Waals surface area contributed by atoms with Gasteiger partial charge in [-0.3, -0.25) is 0 Å². The summed E-state index contributed by atoms with van der Waals surface area (Å²) in [6, 6.07) is 13.8. The van der Waals surface area contributed by atoms with Gasteiger partial charge in [0.05, 0.1) is 7.11 Å². The molecule has 31 heavy (non-hydrogen) atoms. The largest absolute Gasteiger partial charge is 0.467 e. The molecule has 0 fully saturated rings. The minimum Gasteiger partial charge on any atom is -0.467 e. The van der Waals surface area contributed by atoms with E-state index in [1.807, 2.05) is 58.0 Å². The van der Waals surface area contributed by atoms with Crippen LogP contribution in [0.1, 0.15) is 51.3 Å². The van der Waals surface area contributed by atoms with Crippen molar-refractivity contribution in [2.45, 2.75) is 51.7 Å². The first-order valence-corrected chi connectivity index (χ1v) is 10.9. The molecule has 0 radical (unpaired) electrons. The first-order valence-electron chi connectivity index (χ1n) is 10.1. The molecule has 0 saturated heterocycles. The van der Waals surface area contributed by atoms with E-state index in [0.29, 0.717) is 16.5 Å². The lowest BCUT2D eigenvalue weighted by Crippen LogP contribution is -2.44. The molecule has 0 aromatic heterocycles. The summed E-state index contributed by atoms with van der Waals surface area (Å²) in [5, 5.41) is 3.83. The summed E-state index contributed by atoms with van der Waals surface area (Å²) >= 11 is 12.3. The van der Waals surface area contributed by atoms with Gasteiger partial charge in [-0.2, -0.15) is 0 Å². The number of rotatable bonds is 8. The monoisotopic (exact) mass is 465 g/mol. The summed E-state index contributed by atoms with van der Waals surface area (Å²) in [6.07, 6.45) is -0.933. The SMILES string of the molecule is COC(=O)[C@H](CC(C)C)NC(=O)OC(c1ccc(Cl)cc1)C(C)(C)c1cccc(Cl)c1. The molecule has 0 saturated carbocycles. The number of hydrogen-bond donors (Lipinski definition) is 1. The number of amides is 1. The summed E-state index contributed by atoms with van der Waals surface area (Å²) < 4.78 is 10.7. The number of carbonyl (C=O) groups is 2. The van der Waals surface area contributed by atoms with Crippen molar-refractivity contribution in [3.05, 3.63) is 69.7 Å². The molecule has 0 aliphatic rings. The predicted molar refractivity (Wildman–Crippen MR) is 124 cm³/mol. The van der Waals surface area contributed by atoms with Gasteiger partial charge in [-0.1, -0.05) is 75.2 Å². The molecule has 2 aromatic rings. The lowest BCUT2D eigenvalue weighted by molar-refractivity contribution is -0.143. The third-order valence-corrected chi connectivity index (χ3v) is 5.59. The zero-order valence-electron chi connectivity index (χ0n) is 18.4. The van der Waals surface area contributed by atoms with Crippen molar-refractivity contribution in [3.63, 3.8) is 0 Å². The summed E-state index contributed by atoms with van der Waals surface area (Å²) in [5.74, 6) is -0.331. The normalized spacial score (nSPS) is 13.4. The van der Waals surface area contributed by atoms with Gasteiger partial charge in [0.15, 0.2) is 0 Å². The van der Waals surface area contributed by atoms with Crippen LogP contribution in [0.15, 0.2) is 48.5 Å². The summed E-state index contributed by atoms with van der Waals surface area (Å²) in [5.41, 5.74) is 1.04. The van der Waals surface area contributed by atoms with Crippen LogP contribution in [-0.2, 0) is 19.7 Å². The maximum Gasteiger partial charge on any atom is 0.408 e. The van der Waals surface area contributed by atoms with Crippen LogP contribution in [0.4, 0.5) is 4.79 Å². The quantitative estimate of drug-likeness (QED) is 0.462. The smallest absolute Gasteiger partial charge is 0.408 e. The molecule has 2 aromatic carbocycles. The third kappa shape index (κ3) is 6.88. The van der Waals surface area contributed by atoms with E-state index in [1.54, 1.807) is 18.2 Å². The van der Waals surface area contributed by atoms with Crippen LogP contribution in [0.25, 0.3) is 0 Å². The van der Waals surface area contributed by atoms with Crippen molar-refractivity contribution < 1.29 is 19.1 Å². The number of hydrogen-bond acceptors (Lipinski definition) is 4. The Kier molecular flexibility index (Phi) is 8.78. The van der Waals surface area contributed by atoms with Crippen LogP contribution in [-0.4, -0.2) is 25.2 Å². The van der Waals surface area contributed by atoms with Crippen molar-refractivity contribution in [1.29, 1.82) is 0 Å². The van der Waals surface area contributed by atoms with Crippen LogP contribution < -0.4 is 5.32 Å². The second-order valence-corrected chi connectivity index (χ2v) is 9.29. The average molecular weight is 466 g/mol. The van der Waals surface area contributed by atoms with Crippen molar-refractivity contribution in [2.75, 3.05) is 7.11 Å². The van der Waals surface area contributed by atoms with Crippen molar-refractivity contribution in [1.82, 2.24) is 5.32 Å². The van der Waals surface area contributed by atoms with Crippen molar-refractivity contribution >= 4 is 35.3 Å². The number of carbonyl (C=O) groups excluding carboxylic acids is 2. The molecule has 1 N–H and O–H groups in total. The molecule has 5 nitrogen and oxygen atoms in total. The van der Waals surface area contributed by atoms with E-state index in [9.17, 15) is 9.59 Å². The lowest BCUT2D eigenvalue weighted by Gasteiger charge is -2.35. The Bertz CT molecular complexity index is 897. The zero-order valence-corrected chi connectivity index (χ0v) is 20.0. The highest BCUT2D eigenvalue weighted by atomic mass is 35.5. The molecule has 1 unspecified atom stereocenters. The van der Waals surface area contributed by atoms with Crippen LogP contribution in [0.3, 0.4) is 0 Å². The van der Waals surface area contributed by atoms with Crippen molar-refractivity contribution in [3.8, 4) is 0 Å². The highest BCUT2D eigenvalue weighted by Crippen LogP contribution is 2.40. The van der Waals surface area contributed by atoms with Gasteiger partial charge in [0.25, 0.3) is 0 Å². The Morgan fingerprint density at radius 1 is 1.03 bits per heavy atom. The van der Waals surface area contributed by atoms with Gasteiger partial charge in [0.2, 0.25) is 0 Å². The van der Waals surface area contributed by atoms with Gasteiger partial charge in [0, 0.05) is 15.5 Å². The Morgan fingerprint density at radius 2 is 1.68 bits per heavy atom. The Hall–Kier alpha value is -2.24. The molecule has 2 rings (SSSR count). The fourth-order valence-corrected chi connectivity index (χ4v) is 3.74. The topological polar surface area (TPSA) is 64.6 Å². The van der Waals surface area contributed by atoms with E-state index in [0.717, 1.165) is 11.1 Å². The number of alkyl carbamates (subject to hydrolysis) is 1. The fourth-order valence-electron chi connectivity index (χ4n) is 3.42. The van der Waals surface area contributed by atoms with E-state index in [1.165, 1.54) is 7.11 Å². The maximum absolute atomic E-state index is 12.9. The molecule has 0 aliphatic heterocycles. The highest BCUT2D eigenvalue weighted by molar-refractivity contribution is 6.30. The van der Waals surface area contributed by atoms with Gasteiger partial charge in [-0.25, -0.2) is 9.59 Å². The lowest BCUT2D eigenvalue weighted by atomic mass is 9.76. The number of halogens is 2. The van der Waals surface area contributed by atoms with Crippen LogP contribution in [0, 0.1) is 5.92 Å². The van der Waals surface area contributed by atoms with Gasteiger partial charge < -0.3 is 14.8 Å². The summed E-state index contributed by atoms with van der Waals surface area (Å²) in [7, 11) is 1.29. The molecular weight excluding hydrogens is 437 g/mol. The molecule has 0 spiro atoms. The standard InChI is InChI=1S/C24H29Cl2NO4/c1-15(2)13-20(22(28)30-5)27-23(29)31-21(16-9-11-18(25)12-10-16)24(3,4)17-7-6-8-19(26)14-17/h6-12,14-15,20-21H,13H2,1-5H3,(H,27,29)/t20-,21?/m0/s1. The molecule has 7 heteroatoms. The van der Waals surface area contributed by atoms with Crippen LogP contribution in [0.2, 0.25) is 10.0 Å². The molecule has 2 atom stereocenters. The zero-order chi connectivity index (χ0) is 23.2. The summed E-state index contributed by atoms with van der Waals surface area (Å²) in [4.78, 5) is 25.0. The van der Waals surface area contributed by atoms with E-state index < -0.39 is 29.6 Å². The second-order valence-electron chi connectivity index (χ2n) is 8.42. The molecule has 1 amide bonds. The molecule has 168 valence electrons. The number of ether oxygens (including phenoxy) is 2. The molecule has 0 heterocycles. The highest BCUT2D eigenvalue weighted by Gasteiger charge is 2.37. The van der Waals surface area contributed by atoms with Crippen LogP contribution in [0.5, 0.6) is 0 Å². The van der Waals surface area contributed by atoms with E-state index in [2.05, 4.69) is 5.32 Å². The molecular formula is C24H29Cl2NO4. The Morgan fingerprint density at radius 3 is 2.23 bits per heavy atom. The number of methoxy groups -OCH3 is 1. The first kappa shape index (κ1) is 25.0. The maximum atomic E-state index is 12.9. The first-order chi connectivity index (χ1) is 14.5. The van der Waals surface area contributed by atoms with E-state index >= 15 is 0 Å². The van der Waals surface area contributed by atoms with Crippen molar-refractivity contribution in [2.24, 2.45) is 5.92 Å². The van der Waals surface area contributed by atoms with Crippen LogP contribution >= 0.6 is 23.2 Å². The Balaban J connectivity index is 2.35. The van der Waals surface area contributed by atoms with Gasteiger partial charge in [-0.15, -0.1) is 0 Å². The number of benzene rings is 2.